The predicted octanol–water partition coefficient (Wildman–Crippen LogP) is 3.81. The van der Waals surface area contributed by atoms with Gasteiger partial charge in [-0.05, 0) is 35.4 Å². The van der Waals surface area contributed by atoms with E-state index in [1.54, 1.807) is 48.5 Å². The molecule has 0 fully saturated rings. The van der Waals surface area contributed by atoms with E-state index in [4.69, 9.17) is 8.97 Å². The van der Waals surface area contributed by atoms with Gasteiger partial charge in [0.05, 0.1) is 22.5 Å². The Morgan fingerprint density at radius 1 is 1.08 bits per heavy atom. The second kappa shape index (κ2) is 10.5. The van der Waals surface area contributed by atoms with Crippen LogP contribution in [0, 0.1) is 5.95 Å². The van der Waals surface area contributed by atoms with Crippen molar-refractivity contribution in [2.45, 2.75) is 17.5 Å². The summed E-state index contributed by atoms with van der Waals surface area (Å²) in [6, 6.07) is 16.9. The molecule has 0 spiro atoms. The number of aromatic nitrogens is 4. The molecule has 190 valence electrons. The van der Waals surface area contributed by atoms with Gasteiger partial charge in [0.15, 0.2) is 15.1 Å². The molecule has 2 unspecified atom stereocenters. The van der Waals surface area contributed by atoms with Gasteiger partial charge in [-0.3, -0.25) is 4.55 Å². The average Bonchev–Trinajstić information content (AvgIpc) is 3.50. The van der Waals surface area contributed by atoms with Gasteiger partial charge in [-0.1, -0.05) is 36.4 Å². The fourth-order valence-electron chi connectivity index (χ4n) is 3.65. The number of nitrogens with zero attached hydrogens (tertiary/aromatic N) is 4. The highest BCUT2D eigenvalue weighted by Crippen LogP contribution is 2.38. The van der Waals surface area contributed by atoms with Crippen LogP contribution in [0.1, 0.15) is 27.6 Å². The molecular weight excluding hydrogens is 541 g/mol. The van der Waals surface area contributed by atoms with Crippen molar-refractivity contribution >= 4 is 42.7 Å². The molecule has 0 aliphatic heterocycles. The number of hydrogen-bond acceptors (Lipinski definition) is 9. The van der Waals surface area contributed by atoms with Crippen molar-refractivity contribution in [3.05, 3.63) is 95.2 Å². The van der Waals surface area contributed by atoms with Gasteiger partial charge in [0.2, 0.25) is 29.0 Å². The zero-order chi connectivity index (χ0) is 26.0. The molecule has 0 radical (unpaired) electrons. The van der Waals surface area contributed by atoms with Gasteiger partial charge in [0.25, 0.3) is 0 Å². The van der Waals surface area contributed by atoms with E-state index < -0.39 is 32.3 Å². The molecule has 0 saturated heterocycles. The van der Waals surface area contributed by atoms with Gasteiger partial charge >= 0.3 is 0 Å². The summed E-state index contributed by atoms with van der Waals surface area (Å²) in [5.74, 6) is -1.13. The smallest absolute Gasteiger partial charge is 0.241 e. The summed E-state index contributed by atoms with van der Waals surface area (Å²) in [7, 11) is -3.94. The van der Waals surface area contributed by atoms with Gasteiger partial charge in [0, 0.05) is 11.8 Å². The van der Waals surface area contributed by atoms with Crippen LogP contribution in [0.2, 0.25) is 0 Å². The van der Waals surface area contributed by atoms with E-state index in [1.165, 1.54) is 12.3 Å². The molecule has 0 saturated carbocycles. The van der Waals surface area contributed by atoms with Crippen LogP contribution in [0.15, 0.2) is 71.3 Å². The van der Waals surface area contributed by atoms with E-state index in [1.807, 2.05) is 6.07 Å². The highest BCUT2D eigenvalue weighted by molar-refractivity contribution is 7.91. The average molecular weight is 560 g/mol. The maximum absolute atomic E-state index is 13.7. The van der Waals surface area contributed by atoms with E-state index in [-0.39, 0.29) is 29.1 Å². The number of halogens is 1. The van der Waals surface area contributed by atoms with Crippen LogP contribution >= 0.6 is 11.3 Å². The minimum Gasteiger partial charge on any atom is -0.422 e. The van der Waals surface area contributed by atoms with Gasteiger partial charge in [-0.25, -0.2) is 27.3 Å². The summed E-state index contributed by atoms with van der Waals surface area (Å²) >= 11 is -1.15. The number of fused-ring (bicyclic) bond motifs is 1. The fraction of sp³-hybridized carbons (Fsp3) is 0.130. The van der Waals surface area contributed by atoms with E-state index in [9.17, 15) is 17.0 Å². The number of pyridine rings is 1. The van der Waals surface area contributed by atoms with Crippen LogP contribution < -0.4 is 4.72 Å². The van der Waals surface area contributed by atoms with Crippen LogP contribution in [-0.4, -0.2) is 37.3 Å². The first-order valence-corrected chi connectivity index (χ1v) is 14.4. The maximum atomic E-state index is 13.7. The van der Waals surface area contributed by atoms with Crippen molar-refractivity contribution in [3.8, 4) is 11.1 Å². The fourth-order valence-corrected chi connectivity index (χ4v) is 7.05. The van der Waals surface area contributed by atoms with Crippen LogP contribution in [0.3, 0.4) is 0 Å². The number of thiazole rings is 1. The van der Waals surface area contributed by atoms with Gasteiger partial charge < -0.3 is 4.42 Å². The molecule has 3 aromatic heterocycles. The van der Waals surface area contributed by atoms with Gasteiger partial charge in [-0.15, -0.1) is 21.5 Å². The third-order valence-corrected chi connectivity index (χ3v) is 8.82. The van der Waals surface area contributed by atoms with Crippen molar-refractivity contribution in [3.63, 3.8) is 0 Å². The molecule has 10 nitrogen and oxygen atoms in total. The lowest BCUT2D eigenvalue weighted by molar-refractivity contribution is 0.442. The molecule has 3 heterocycles. The molecule has 37 heavy (non-hydrogen) atoms. The topological polar surface area (TPSA) is 148 Å². The summed E-state index contributed by atoms with van der Waals surface area (Å²) in [5.41, 5.74) is 2.61. The SMILES string of the molecule is O=S(O)NCc1nnc(C(c2nc3ccc(-c4ccc(F)nc4)cc3s2)S(=O)(=O)Cc2ccccc2)o1. The number of hydrogen-bond donors (Lipinski definition) is 2. The lowest BCUT2D eigenvalue weighted by Gasteiger charge is -2.12. The van der Waals surface area contributed by atoms with Crippen molar-refractivity contribution in [1.29, 1.82) is 0 Å². The standard InChI is InChI=1S/C23H18FN5O5S3/c24-19-9-7-16(11-25-19)15-6-8-17-18(10-15)35-23(27-17)21(22-29-28-20(34-22)12-26-36(30)31)37(32,33)13-14-4-2-1-3-5-14/h1-11,21,26H,12-13H2,(H,30,31). The Bertz CT molecular complexity index is 1670. The first-order valence-electron chi connectivity index (χ1n) is 10.7. The van der Waals surface area contributed by atoms with Crippen molar-refractivity contribution in [2.75, 3.05) is 0 Å². The minimum atomic E-state index is -3.94. The molecule has 14 heteroatoms. The molecule has 0 bridgehead atoms. The second-order valence-electron chi connectivity index (χ2n) is 7.88. The third kappa shape index (κ3) is 5.78. The Morgan fingerprint density at radius 2 is 1.86 bits per heavy atom. The lowest BCUT2D eigenvalue weighted by Crippen LogP contribution is -2.17. The zero-order valence-corrected chi connectivity index (χ0v) is 21.3. The summed E-state index contributed by atoms with van der Waals surface area (Å²) in [4.78, 5) is 8.24. The molecule has 2 N–H and O–H groups in total. The first kappa shape index (κ1) is 25.2. The Hall–Kier alpha value is -3.43. The molecule has 0 aliphatic rings. The van der Waals surface area contributed by atoms with Crippen LogP contribution in [0.5, 0.6) is 0 Å². The normalized spacial score (nSPS) is 13.6. The molecule has 2 atom stereocenters. The molecule has 5 rings (SSSR count). The highest BCUT2D eigenvalue weighted by atomic mass is 32.2. The quantitative estimate of drug-likeness (QED) is 0.203. The second-order valence-corrected chi connectivity index (χ2v) is 11.8. The van der Waals surface area contributed by atoms with Crippen molar-refractivity contribution in [1.82, 2.24) is 24.9 Å². The van der Waals surface area contributed by atoms with E-state index in [0.717, 1.165) is 16.9 Å². The summed E-state index contributed by atoms with van der Waals surface area (Å²) in [5, 5.41) is 6.62. The lowest BCUT2D eigenvalue weighted by atomic mass is 10.1. The van der Waals surface area contributed by atoms with Crippen LogP contribution in [-0.2, 0) is 33.4 Å². The molecule has 0 aliphatic carbocycles. The third-order valence-electron chi connectivity index (χ3n) is 5.31. The Labute approximate surface area is 217 Å². The molecule has 5 aromatic rings. The number of nitrogens with one attached hydrogen (secondary N) is 1. The van der Waals surface area contributed by atoms with E-state index >= 15 is 0 Å². The predicted molar refractivity (Wildman–Crippen MR) is 136 cm³/mol. The molecule has 2 aromatic carbocycles. The highest BCUT2D eigenvalue weighted by Gasteiger charge is 2.37. The molecule has 0 amide bonds. The monoisotopic (exact) mass is 559 g/mol. The van der Waals surface area contributed by atoms with E-state index in [0.29, 0.717) is 21.3 Å². The number of sulfone groups is 1. The summed E-state index contributed by atoms with van der Waals surface area (Å²) in [6.45, 7) is -0.226. The van der Waals surface area contributed by atoms with Gasteiger partial charge in [0.1, 0.15) is 5.01 Å². The maximum Gasteiger partial charge on any atom is 0.241 e. The zero-order valence-electron chi connectivity index (χ0n) is 18.8. The first-order chi connectivity index (χ1) is 17.8. The van der Waals surface area contributed by atoms with Gasteiger partial charge in [-0.2, -0.15) is 4.39 Å². The summed E-state index contributed by atoms with van der Waals surface area (Å²) < 4.78 is 68.9. The number of rotatable bonds is 9. The Balaban J connectivity index is 1.56. The van der Waals surface area contributed by atoms with Crippen LogP contribution in [0.4, 0.5) is 4.39 Å². The Morgan fingerprint density at radius 3 is 2.59 bits per heavy atom. The van der Waals surface area contributed by atoms with Crippen LogP contribution in [0.25, 0.3) is 21.3 Å². The molecular formula is C23H18FN5O5S3. The largest absolute Gasteiger partial charge is 0.422 e. The minimum absolute atomic E-state index is 0.0514. The summed E-state index contributed by atoms with van der Waals surface area (Å²) in [6.07, 6.45) is 1.42. The number of benzene rings is 2. The van der Waals surface area contributed by atoms with E-state index in [2.05, 4.69) is 24.9 Å². The Kier molecular flexibility index (Phi) is 7.17. The van der Waals surface area contributed by atoms with Crippen molar-refractivity contribution in [2.24, 2.45) is 0 Å². The van der Waals surface area contributed by atoms with Crippen molar-refractivity contribution < 1.29 is 26.0 Å².